The van der Waals surface area contributed by atoms with Gasteiger partial charge >= 0.3 is 7.12 Å². The smallest absolute Gasteiger partial charge is 0.400 e. The minimum absolute atomic E-state index is 0.307. The molecule has 1 saturated heterocycles. The maximum Gasteiger partial charge on any atom is 0.489 e. The molecule has 1 atom stereocenters. The molecular formula is C18H29BO2Si. The number of allylic oxidation sites excluding steroid dienone is 1. The third kappa shape index (κ3) is 2.97. The van der Waals surface area contributed by atoms with Crippen molar-refractivity contribution in [2.45, 2.75) is 64.5 Å². The highest BCUT2D eigenvalue weighted by Gasteiger charge is 2.53. The predicted molar refractivity (Wildman–Crippen MR) is 98.2 cm³/mol. The summed E-state index contributed by atoms with van der Waals surface area (Å²) in [5.41, 5.74) is 0.834. The second kappa shape index (κ2) is 5.66. The first-order chi connectivity index (χ1) is 9.99. The van der Waals surface area contributed by atoms with Crippen molar-refractivity contribution in [3.63, 3.8) is 0 Å². The summed E-state index contributed by atoms with van der Waals surface area (Å²) in [6.45, 7) is 19.8. The molecule has 0 aromatic heterocycles. The van der Waals surface area contributed by atoms with Crippen LogP contribution < -0.4 is 5.19 Å². The van der Waals surface area contributed by atoms with Gasteiger partial charge in [0.25, 0.3) is 0 Å². The molecule has 0 N–H and O–H groups in total. The van der Waals surface area contributed by atoms with Crippen molar-refractivity contribution in [3.8, 4) is 0 Å². The van der Waals surface area contributed by atoms with E-state index in [0.29, 0.717) is 5.54 Å². The topological polar surface area (TPSA) is 18.5 Å². The van der Waals surface area contributed by atoms with Gasteiger partial charge in [-0.1, -0.05) is 55.5 Å². The fourth-order valence-corrected chi connectivity index (χ4v) is 5.39. The van der Waals surface area contributed by atoms with E-state index in [-0.39, 0.29) is 18.3 Å². The van der Waals surface area contributed by atoms with Crippen LogP contribution in [0.3, 0.4) is 0 Å². The molecule has 0 radical (unpaired) electrons. The zero-order valence-electron chi connectivity index (χ0n) is 15.1. The Bertz CT molecular complexity index is 535. The summed E-state index contributed by atoms with van der Waals surface area (Å²) in [7, 11) is -1.98. The van der Waals surface area contributed by atoms with Crippen molar-refractivity contribution in [2.24, 2.45) is 0 Å². The van der Waals surface area contributed by atoms with Gasteiger partial charge in [-0.15, -0.1) is 6.58 Å². The molecule has 0 saturated carbocycles. The van der Waals surface area contributed by atoms with Crippen molar-refractivity contribution in [3.05, 3.63) is 42.4 Å². The van der Waals surface area contributed by atoms with E-state index in [1.54, 1.807) is 0 Å². The maximum atomic E-state index is 6.18. The lowest BCUT2D eigenvalue weighted by Crippen LogP contribution is -2.47. The van der Waals surface area contributed by atoms with Gasteiger partial charge in [-0.3, -0.25) is 0 Å². The predicted octanol–water partition coefficient (Wildman–Crippen LogP) is 4.18. The quantitative estimate of drug-likeness (QED) is 0.776. The first-order valence-electron chi connectivity index (χ1n) is 8.09. The SMILES string of the molecule is C=C(B1OC(C)(C)C(C)(C)O1)[C@H](C)[Si](C)(C)c1ccccc1. The van der Waals surface area contributed by atoms with Crippen LogP contribution in [0, 0.1) is 0 Å². The molecular weight excluding hydrogens is 287 g/mol. The highest BCUT2D eigenvalue weighted by molar-refractivity contribution is 6.92. The zero-order valence-corrected chi connectivity index (χ0v) is 16.1. The molecule has 0 aliphatic carbocycles. The van der Waals surface area contributed by atoms with Gasteiger partial charge in [-0.2, -0.15) is 0 Å². The average Bonchev–Trinajstić information content (AvgIpc) is 2.66. The van der Waals surface area contributed by atoms with E-state index in [1.165, 1.54) is 5.19 Å². The van der Waals surface area contributed by atoms with Gasteiger partial charge in [-0.05, 0) is 38.7 Å². The van der Waals surface area contributed by atoms with Crippen molar-refractivity contribution < 1.29 is 9.31 Å². The average molecular weight is 316 g/mol. The van der Waals surface area contributed by atoms with Crippen LogP contribution in [0.5, 0.6) is 0 Å². The molecule has 0 bridgehead atoms. The van der Waals surface area contributed by atoms with Gasteiger partial charge in [0.2, 0.25) is 0 Å². The van der Waals surface area contributed by atoms with Crippen LogP contribution in [-0.4, -0.2) is 26.4 Å². The van der Waals surface area contributed by atoms with E-state index in [2.05, 4.69) is 84.6 Å². The second-order valence-corrected chi connectivity index (χ2v) is 12.9. The molecule has 0 spiro atoms. The summed E-state index contributed by atoms with van der Waals surface area (Å²) in [4.78, 5) is 0. The largest absolute Gasteiger partial charge is 0.489 e. The molecule has 1 aromatic rings. The Balaban J connectivity index is 2.20. The monoisotopic (exact) mass is 316 g/mol. The molecule has 1 aliphatic rings. The highest BCUT2D eigenvalue weighted by atomic mass is 28.3. The van der Waals surface area contributed by atoms with Crippen LogP contribution in [0.4, 0.5) is 0 Å². The fourth-order valence-electron chi connectivity index (χ4n) is 2.78. The molecule has 0 amide bonds. The Kier molecular flexibility index (Phi) is 4.51. The van der Waals surface area contributed by atoms with Gasteiger partial charge in [0, 0.05) is 0 Å². The van der Waals surface area contributed by atoms with Crippen LogP contribution in [0.2, 0.25) is 18.6 Å². The highest BCUT2D eigenvalue weighted by Crippen LogP contribution is 2.41. The minimum Gasteiger partial charge on any atom is -0.400 e. The lowest BCUT2D eigenvalue weighted by molar-refractivity contribution is 0.00578. The van der Waals surface area contributed by atoms with Gasteiger partial charge < -0.3 is 9.31 Å². The summed E-state index contributed by atoms with van der Waals surface area (Å²) in [6.07, 6.45) is 0. The summed E-state index contributed by atoms with van der Waals surface area (Å²) in [5, 5.41) is 1.44. The molecule has 1 fully saturated rings. The van der Waals surface area contributed by atoms with Gasteiger partial charge in [-0.25, -0.2) is 0 Å². The second-order valence-electron chi connectivity index (χ2n) is 7.97. The lowest BCUT2D eigenvalue weighted by Gasteiger charge is -2.32. The Morgan fingerprint density at radius 1 is 1.05 bits per heavy atom. The molecule has 4 heteroatoms. The molecule has 2 rings (SSSR count). The molecule has 22 heavy (non-hydrogen) atoms. The Morgan fingerprint density at radius 3 is 1.95 bits per heavy atom. The molecule has 2 nitrogen and oxygen atoms in total. The number of benzene rings is 1. The van der Waals surface area contributed by atoms with E-state index >= 15 is 0 Å². The molecule has 1 heterocycles. The standard InChI is InChI=1S/C18H29BO2Si/c1-14(19-20-17(3,4)18(5,6)21-19)15(2)22(7,8)16-12-10-9-11-13-16/h9-13,15H,1H2,2-8H3/t15-/m0/s1. The van der Waals surface area contributed by atoms with Gasteiger partial charge in [0.15, 0.2) is 0 Å². The van der Waals surface area contributed by atoms with Crippen LogP contribution in [-0.2, 0) is 9.31 Å². The third-order valence-corrected chi connectivity index (χ3v) is 10.1. The number of hydrogen-bond acceptors (Lipinski definition) is 2. The van der Waals surface area contributed by atoms with Gasteiger partial charge in [0.05, 0.1) is 19.3 Å². The normalized spacial score (nSPS) is 21.7. The van der Waals surface area contributed by atoms with E-state index in [9.17, 15) is 0 Å². The third-order valence-electron chi connectivity index (χ3n) is 5.71. The van der Waals surface area contributed by atoms with Crippen molar-refractivity contribution in [1.82, 2.24) is 0 Å². The van der Waals surface area contributed by atoms with Gasteiger partial charge in [0.1, 0.15) is 0 Å². The Labute approximate surface area is 137 Å². The zero-order chi connectivity index (χ0) is 16.8. The minimum atomic E-state index is -1.67. The Hall–Kier alpha value is -0.838. The van der Waals surface area contributed by atoms with Crippen LogP contribution in [0.1, 0.15) is 34.6 Å². The van der Waals surface area contributed by atoms with E-state index < -0.39 is 8.07 Å². The van der Waals surface area contributed by atoms with E-state index in [4.69, 9.17) is 9.31 Å². The molecule has 120 valence electrons. The van der Waals surface area contributed by atoms with Crippen molar-refractivity contribution >= 4 is 20.4 Å². The summed E-state index contributed by atoms with van der Waals surface area (Å²) < 4.78 is 12.4. The first-order valence-corrected chi connectivity index (χ1v) is 11.2. The number of hydrogen-bond donors (Lipinski definition) is 0. The summed E-state index contributed by atoms with van der Waals surface area (Å²) in [6, 6.07) is 10.8. The van der Waals surface area contributed by atoms with Crippen molar-refractivity contribution in [1.29, 1.82) is 0 Å². The summed E-state index contributed by atoms with van der Waals surface area (Å²) in [5.74, 6) is 0. The van der Waals surface area contributed by atoms with Crippen molar-refractivity contribution in [2.75, 3.05) is 0 Å². The van der Waals surface area contributed by atoms with E-state index in [1.807, 2.05) is 0 Å². The van der Waals surface area contributed by atoms with Crippen LogP contribution in [0.25, 0.3) is 0 Å². The number of rotatable bonds is 4. The van der Waals surface area contributed by atoms with Crippen LogP contribution in [0.15, 0.2) is 42.4 Å². The lowest BCUT2D eigenvalue weighted by atomic mass is 9.77. The molecule has 0 unspecified atom stereocenters. The molecule has 1 aromatic carbocycles. The van der Waals surface area contributed by atoms with E-state index in [0.717, 1.165) is 5.47 Å². The molecule has 1 aliphatic heterocycles. The maximum absolute atomic E-state index is 6.18. The fraction of sp³-hybridized carbons (Fsp3) is 0.556. The van der Waals surface area contributed by atoms with Crippen LogP contribution >= 0.6 is 0 Å². The Morgan fingerprint density at radius 2 is 1.50 bits per heavy atom. The first kappa shape index (κ1) is 17.5. The summed E-state index contributed by atoms with van der Waals surface area (Å²) >= 11 is 0.